The van der Waals surface area contributed by atoms with E-state index in [2.05, 4.69) is 34.6 Å². The van der Waals surface area contributed by atoms with E-state index in [9.17, 15) is 4.79 Å². The van der Waals surface area contributed by atoms with Gasteiger partial charge in [0.15, 0.2) is 16.7 Å². The molecule has 3 rings (SSSR count). The molecule has 0 fully saturated rings. The van der Waals surface area contributed by atoms with Crippen molar-refractivity contribution in [1.29, 1.82) is 0 Å². The molecule has 1 amide bonds. The largest absolute Gasteiger partial charge is 0.461 e. The first-order chi connectivity index (χ1) is 12.7. The van der Waals surface area contributed by atoms with Gasteiger partial charge in [0.2, 0.25) is 5.91 Å². The smallest absolute Gasteiger partial charge is 0.230 e. The molecule has 3 aromatic rings. The SMILES string of the molecule is CCn1c(SCC(=O)NC[C@@H](C)c2ccccc2)nnc1-c1ccco1. The van der Waals surface area contributed by atoms with Crippen LogP contribution in [-0.4, -0.2) is 33.0 Å². The molecule has 0 saturated heterocycles. The zero-order chi connectivity index (χ0) is 18.4. The molecule has 2 heterocycles. The van der Waals surface area contributed by atoms with Gasteiger partial charge in [-0.25, -0.2) is 0 Å². The Morgan fingerprint density at radius 2 is 2.04 bits per heavy atom. The lowest BCUT2D eigenvalue weighted by atomic mass is 10.0. The van der Waals surface area contributed by atoms with Gasteiger partial charge in [-0.15, -0.1) is 10.2 Å². The lowest BCUT2D eigenvalue weighted by Crippen LogP contribution is -2.29. The zero-order valence-electron chi connectivity index (χ0n) is 14.9. The number of carbonyl (C=O) groups excluding carboxylic acids is 1. The van der Waals surface area contributed by atoms with Crippen molar-refractivity contribution in [3.8, 4) is 11.6 Å². The first-order valence-corrected chi connectivity index (χ1v) is 9.59. The van der Waals surface area contributed by atoms with Crippen LogP contribution in [0.1, 0.15) is 25.3 Å². The molecule has 0 saturated carbocycles. The summed E-state index contributed by atoms with van der Waals surface area (Å²) in [5.41, 5.74) is 1.22. The molecule has 26 heavy (non-hydrogen) atoms. The molecule has 2 aromatic heterocycles. The third-order valence-electron chi connectivity index (χ3n) is 4.08. The third-order valence-corrected chi connectivity index (χ3v) is 5.05. The van der Waals surface area contributed by atoms with E-state index < -0.39 is 0 Å². The van der Waals surface area contributed by atoms with E-state index >= 15 is 0 Å². The molecule has 0 aliphatic carbocycles. The standard InChI is InChI=1S/C19H22N4O2S/c1-3-23-18(16-10-7-11-25-16)21-22-19(23)26-13-17(24)20-12-14(2)15-8-5-4-6-9-15/h4-11,14H,3,12-13H2,1-2H3,(H,20,24)/t14-/m1/s1. The van der Waals surface area contributed by atoms with Crippen LogP contribution >= 0.6 is 11.8 Å². The second-order valence-corrected chi connectivity index (χ2v) is 6.87. The number of rotatable bonds is 8. The minimum atomic E-state index is -0.0111. The monoisotopic (exact) mass is 370 g/mol. The van der Waals surface area contributed by atoms with Crippen LogP contribution in [0.25, 0.3) is 11.6 Å². The minimum Gasteiger partial charge on any atom is -0.461 e. The average molecular weight is 370 g/mol. The number of nitrogens with one attached hydrogen (secondary N) is 1. The summed E-state index contributed by atoms with van der Waals surface area (Å²) in [6, 6.07) is 13.8. The summed E-state index contributed by atoms with van der Waals surface area (Å²) in [5, 5.41) is 12.1. The Morgan fingerprint density at radius 1 is 1.23 bits per heavy atom. The predicted molar refractivity (Wildman–Crippen MR) is 102 cm³/mol. The second kappa shape index (κ2) is 8.71. The molecule has 136 valence electrons. The number of furan rings is 1. The molecule has 0 unspecified atom stereocenters. The summed E-state index contributed by atoms with van der Waals surface area (Å²) in [6.07, 6.45) is 1.61. The Labute approximate surface area is 157 Å². The lowest BCUT2D eigenvalue weighted by molar-refractivity contribution is -0.118. The zero-order valence-corrected chi connectivity index (χ0v) is 15.7. The third kappa shape index (κ3) is 4.35. The summed E-state index contributed by atoms with van der Waals surface area (Å²) in [7, 11) is 0. The first kappa shape index (κ1) is 18.3. The van der Waals surface area contributed by atoms with Crippen molar-refractivity contribution in [2.75, 3.05) is 12.3 Å². The fourth-order valence-corrected chi connectivity index (χ4v) is 3.45. The van der Waals surface area contributed by atoms with Crippen molar-refractivity contribution < 1.29 is 9.21 Å². The maximum atomic E-state index is 12.2. The number of hydrogen-bond donors (Lipinski definition) is 1. The predicted octanol–water partition coefficient (Wildman–Crippen LogP) is 3.57. The molecule has 0 bridgehead atoms. The normalized spacial score (nSPS) is 12.1. The molecule has 1 atom stereocenters. The van der Waals surface area contributed by atoms with Crippen molar-refractivity contribution in [1.82, 2.24) is 20.1 Å². The number of benzene rings is 1. The van der Waals surface area contributed by atoms with Crippen LogP contribution in [0.15, 0.2) is 58.3 Å². The van der Waals surface area contributed by atoms with Crippen molar-refractivity contribution in [3.63, 3.8) is 0 Å². The van der Waals surface area contributed by atoms with Gasteiger partial charge in [-0.05, 0) is 30.5 Å². The van der Waals surface area contributed by atoms with E-state index in [-0.39, 0.29) is 11.8 Å². The van der Waals surface area contributed by atoms with Crippen LogP contribution < -0.4 is 5.32 Å². The van der Waals surface area contributed by atoms with Gasteiger partial charge >= 0.3 is 0 Å². The van der Waals surface area contributed by atoms with Crippen LogP contribution in [0.2, 0.25) is 0 Å². The van der Waals surface area contributed by atoms with Gasteiger partial charge in [-0.3, -0.25) is 9.36 Å². The summed E-state index contributed by atoms with van der Waals surface area (Å²) in [6.45, 7) is 5.44. The highest BCUT2D eigenvalue weighted by Crippen LogP contribution is 2.24. The van der Waals surface area contributed by atoms with E-state index in [1.54, 1.807) is 6.26 Å². The number of carbonyl (C=O) groups is 1. The topological polar surface area (TPSA) is 73.0 Å². The molecule has 0 aliphatic rings. The van der Waals surface area contributed by atoms with E-state index in [0.717, 1.165) is 0 Å². The van der Waals surface area contributed by atoms with E-state index in [1.807, 2.05) is 41.8 Å². The second-order valence-electron chi connectivity index (χ2n) is 5.93. The highest BCUT2D eigenvalue weighted by Gasteiger charge is 2.16. The quantitative estimate of drug-likeness (QED) is 0.614. The first-order valence-electron chi connectivity index (χ1n) is 8.60. The summed E-state index contributed by atoms with van der Waals surface area (Å²) in [4.78, 5) is 12.2. The highest BCUT2D eigenvalue weighted by molar-refractivity contribution is 7.99. The Bertz CT molecular complexity index is 831. The van der Waals surface area contributed by atoms with E-state index in [1.165, 1.54) is 17.3 Å². The number of amides is 1. The highest BCUT2D eigenvalue weighted by atomic mass is 32.2. The van der Waals surface area contributed by atoms with Crippen LogP contribution in [0, 0.1) is 0 Å². The molecule has 1 aromatic carbocycles. The fourth-order valence-electron chi connectivity index (χ4n) is 2.62. The molecule has 6 nitrogen and oxygen atoms in total. The Hall–Kier alpha value is -2.54. The van der Waals surface area contributed by atoms with Gasteiger partial charge in [-0.1, -0.05) is 49.0 Å². The van der Waals surface area contributed by atoms with Crippen LogP contribution in [0.5, 0.6) is 0 Å². The van der Waals surface area contributed by atoms with E-state index in [4.69, 9.17) is 4.42 Å². The van der Waals surface area contributed by atoms with Crippen molar-refractivity contribution in [2.24, 2.45) is 0 Å². The number of hydrogen-bond acceptors (Lipinski definition) is 5. The van der Waals surface area contributed by atoms with Gasteiger partial charge in [0.05, 0.1) is 12.0 Å². The molecule has 0 aliphatic heterocycles. The molecule has 0 spiro atoms. The van der Waals surface area contributed by atoms with Crippen LogP contribution in [-0.2, 0) is 11.3 Å². The molecular formula is C19H22N4O2S. The molecule has 1 N–H and O–H groups in total. The molecular weight excluding hydrogens is 348 g/mol. The maximum Gasteiger partial charge on any atom is 0.230 e. The summed E-state index contributed by atoms with van der Waals surface area (Å²) >= 11 is 1.38. The number of thioether (sulfide) groups is 1. The lowest BCUT2D eigenvalue weighted by Gasteiger charge is -2.13. The van der Waals surface area contributed by atoms with Gasteiger partial charge in [0.25, 0.3) is 0 Å². The van der Waals surface area contributed by atoms with Gasteiger partial charge < -0.3 is 9.73 Å². The Morgan fingerprint density at radius 3 is 2.73 bits per heavy atom. The Balaban J connectivity index is 1.53. The number of aromatic nitrogens is 3. The fraction of sp³-hybridized carbons (Fsp3) is 0.316. The van der Waals surface area contributed by atoms with E-state index in [0.29, 0.717) is 35.6 Å². The molecule has 0 radical (unpaired) electrons. The number of nitrogens with zero attached hydrogens (tertiary/aromatic N) is 3. The van der Waals surface area contributed by atoms with Crippen molar-refractivity contribution in [2.45, 2.75) is 31.5 Å². The van der Waals surface area contributed by atoms with Crippen molar-refractivity contribution in [3.05, 3.63) is 54.3 Å². The van der Waals surface area contributed by atoms with Crippen molar-refractivity contribution >= 4 is 17.7 Å². The van der Waals surface area contributed by atoms with Crippen LogP contribution in [0.4, 0.5) is 0 Å². The van der Waals surface area contributed by atoms with Gasteiger partial charge in [0, 0.05) is 13.1 Å². The Kier molecular flexibility index (Phi) is 6.12. The summed E-state index contributed by atoms with van der Waals surface area (Å²) < 4.78 is 7.34. The maximum absolute atomic E-state index is 12.2. The van der Waals surface area contributed by atoms with Gasteiger partial charge in [-0.2, -0.15) is 0 Å². The molecule has 7 heteroatoms. The summed E-state index contributed by atoms with van der Waals surface area (Å²) in [5.74, 6) is 1.92. The average Bonchev–Trinajstić information content (AvgIpc) is 3.34. The minimum absolute atomic E-state index is 0.0111. The van der Waals surface area contributed by atoms with Gasteiger partial charge in [0.1, 0.15) is 0 Å². The van der Waals surface area contributed by atoms with Crippen LogP contribution in [0.3, 0.4) is 0 Å².